The predicted octanol–water partition coefficient (Wildman–Crippen LogP) is 2.49. The zero-order valence-corrected chi connectivity index (χ0v) is 14.7. The second kappa shape index (κ2) is 7.46. The van der Waals surface area contributed by atoms with E-state index in [1.807, 2.05) is 18.4 Å². The van der Waals surface area contributed by atoms with E-state index >= 15 is 0 Å². The summed E-state index contributed by atoms with van der Waals surface area (Å²) in [6, 6.07) is 5.33. The summed E-state index contributed by atoms with van der Waals surface area (Å²) in [5, 5.41) is 5.73. The Morgan fingerprint density at radius 1 is 1.33 bits per heavy atom. The first-order chi connectivity index (χ1) is 10.0. The van der Waals surface area contributed by atoms with Crippen molar-refractivity contribution in [1.29, 1.82) is 0 Å². The van der Waals surface area contributed by atoms with Gasteiger partial charge in [0.2, 0.25) is 10.0 Å². The molecule has 0 fully saturated rings. The SMILES string of the molecule is CCNCc1ccc(Br)c(S(=O)(=O)NCc2nccs2)c1. The van der Waals surface area contributed by atoms with Crippen LogP contribution in [-0.2, 0) is 23.1 Å². The van der Waals surface area contributed by atoms with E-state index in [9.17, 15) is 8.42 Å². The molecule has 0 unspecified atom stereocenters. The van der Waals surface area contributed by atoms with Crippen molar-refractivity contribution >= 4 is 37.3 Å². The van der Waals surface area contributed by atoms with E-state index in [1.54, 1.807) is 18.3 Å². The van der Waals surface area contributed by atoms with Gasteiger partial charge in [0.15, 0.2) is 0 Å². The van der Waals surface area contributed by atoms with Crippen LogP contribution >= 0.6 is 27.3 Å². The normalized spacial score (nSPS) is 11.7. The summed E-state index contributed by atoms with van der Waals surface area (Å²) in [5.74, 6) is 0. The van der Waals surface area contributed by atoms with Gasteiger partial charge in [0.05, 0.1) is 11.4 Å². The van der Waals surface area contributed by atoms with E-state index in [0.717, 1.165) is 17.1 Å². The average Bonchev–Trinajstić information content (AvgIpc) is 2.97. The summed E-state index contributed by atoms with van der Waals surface area (Å²) >= 11 is 4.72. The largest absolute Gasteiger partial charge is 0.313 e. The van der Waals surface area contributed by atoms with Gasteiger partial charge in [0.1, 0.15) is 5.01 Å². The number of nitrogens with one attached hydrogen (secondary N) is 2. The molecule has 2 aromatic rings. The minimum Gasteiger partial charge on any atom is -0.313 e. The van der Waals surface area contributed by atoms with Crippen molar-refractivity contribution in [2.45, 2.75) is 24.9 Å². The molecule has 0 atom stereocenters. The summed E-state index contributed by atoms with van der Waals surface area (Å²) in [6.07, 6.45) is 1.65. The average molecular weight is 390 g/mol. The maximum Gasteiger partial charge on any atom is 0.242 e. The molecule has 5 nitrogen and oxygen atoms in total. The van der Waals surface area contributed by atoms with Crippen LogP contribution in [0.2, 0.25) is 0 Å². The fourth-order valence-electron chi connectivity index (χ4n) is 1.71. The first-order valence-corrected chi connectivity index (χ1v) is 9.55. The standard InChI is InChI=1S/C13H16BrN3O2S2/c1-2-15-8-10-3-4-11(14)12(7-10)21(18,19)17-9-13-16-5-6-20-13/h3-7,15,17H,2,8-9H2,1H3. The summed E-state index contributed by atoms with van der Waals surface area (Å²) in [7, 11) is -3.57. The Balaban J connectivity index is 2.17. The lowest BCUT2D eigenvalue weighted by Gasteiger charge is -2.10. The molecule has 8 heteroatoms. The van der Waals surface area contributed by atoms with Gasteiger partial charge in [-0.2, -0.15) is 0 Å². The highest BCUT2D eigenvalue weighted by molar-refractivity contribution is 9.10. The van der Waals surface area contributed by atoms with Crippen LogP contribution < -0.4 is 10.0 Å². The van der Waals surface area contributed by atoms with Crippen molar-refractivity contribution in [2.75, 3.05) is 6.54 Å². The molecule has 0 bridgehead atoms. The maximum absolute atomic E-state index is 12.4. The number of nitrogens with zero attached hydrogens (tertiary/aromatic N) is 1. The molecule has 1 heterocycles. The number of hydrogen-bond acceptors (Lipinski definition) is 5. The van der Waals surface area contributed by atoms with Gasteiger partial charge in [-0.1, -0.05) is 13.0 Å². The molecular formula is C13H16BrN3O2S2. The van der Waals surface area contributed by atoms with Crippen LogP contribution in [0.3, 0.4) is 0 Å². The topological polar surface area (TPSA) is 71.1 Å². The van der Waals surface area contributed by atoms with E-state index in [0.29, 0.717) is 11.0 Å². The molecule has 0 saturated carbocycles. The Bertz CT molecular complexity index is 687. The van der Waals surface area contributed by atoms with Gasteiger partial charge < -0.3 is 5.32 Å². The van der Waals surface area contributed by atoms with Gasteiger partial charge >= 0.3 is 0 Å². The van der Waals surface area contributed by atoms with Crippen LogP contribution in [-0.4, -0.2) is 19.9 Å². The second-order valence-corrected chi connectivity index (χ2v) is 7.86. The van der Waals surface area contributed by atoms with Gasteiger partial charge in [0, 0.05) is 22.6 Å². The quantitative estimate of drug-likeness (QED) is 0.762. The zero-order chi connectivity index (χ0) is 15.3. The number of sulfonamides is 1. The third-order valence-corrected chi connectivity index (χ3v) is 5.94. The molecule has 2 rings (SSSR count). The Kier molecular flexibility index (Phi) is 5.88. The van der Waals surface area contributed by atoms with Crippen LogP contribution in [0.4, 0.5) is 0 Å². The third kappa shape index (κ3) is 4.58. The molecule has 114 valence electrons. The van der Waals surface area contributed by atoms with E-state index in [-0.39, 0.29) is 11.4 Å². The number of halogens is 1. The molecule has 0 saturated heterocycles. The second-order valence-electron chi connectivity index (χ2n) is 4.30. The van der Waals surface area contributed by atoms with Crippen LogP contribution in [0.15, 0.2) is 39.1 Å². The first-order valence-electron chi connectivity index (χ1n) is 6.40. The Morgan fingerprint density at radius 2 is 2.14 bits per heavy atom. The maximum atomic E-state index is 12.4. The van der Waals surface area contributed by atoms with Crippen molar-refractivity contribution in [2.24, 2.45) is 0 Å². The summed E-state index contributed by atoms with van der Waals surface area (Å²) in [4.78, 5) is 4.31. The molecule has 0 aliphatic carbocycles. The molecule has 0 aliphatic rings. The first kappa shape index (κ1) is 16.6. The van der Waals surface area contributed by atoms with Crippen molar-refractivity contribution in [3.05, 3.63) is 44.8 Å². The molecule has 0 amide bonds. The van der Waals surface area contributed by atoms with Crippen LogP contribution in [0.25, 0.3) is 0 Å². The highest BCUT2D eigenvalue weighted by Crippen LogP contribution is 2.23. The van der Waals surface area contributed by atoms with Crippen LogP contribution in [0, 0.1) is 0 Å². The minimum absolute atomic E-state index is 0.198. The lowest BCUT2D eigenvalue weighted by molar-refractivity contribution is 0.580. The lowest BCUT2D eigenvalue weighted by Crippen LogP contribution is -2.24. The number of hydrogen-bond donors (Lipinski definition) is 2. The fourth-order valence-corrected chi connectivity index (χ4v) is 4.35. The number of rotatable bonds is 7. The molecule has 1 aromatic carbocycles. The van der Waals surface area contributed by atoms with Gasteiger partial charge in [-0.15, -0.1) is 11.3 Å². The van der Waals surface area contributed by atoms with Crippen molar-refractivity contribution < 1.29 is 8.42 Å². The number of benzene rings is 1. The van der Waals surface area contributed by atoms with Gasteiger partial charge in [-0.25, -0.2) is 18.1 Å². The van der Waals surface area contributed by atoms with Crippen molar-refractivity contribution in [3.63, 3.8) is 0 Å². The molecule has 0 spiro atoms. The van der Waals surface area contributed by atoms with E-state index in [2.05, 4.69) is 31.0 Å². The lowest BCUT2D eigenvalue weighted by atomic mass is 10.2. The van der Waals surface area contributed by atoms with E-state index < -0.39 is 10.0 Å². The Hall–Kier alpha value is -0.800. The molecular weight excluding hydrogens is 374 g/mol. The third-order valence-electron chi connectivity index (χ3n) is 2.76. The minimum atomic E-state index is -3.57. The summed E-state index contributed by atoms with van der Waals surface area (Å²) < 4.78 is 27.9. The Labute approximate surface area is 137 Å². The van der Waals surface area contributed by atoms with Crippen molar-refractivity contribution in [3.8, 4) is 0 Å². The molecule has 2 N–H and O–H groups in total. The number of thiazole rings is 1. The van der Waals surface area contributed by atoms with E-state index in [1.165, 1.54) is 11.3 Å². The van der Waals surface area contributed by atoms with Gasteiger partial charge in [-0.3, -0.25) is 0 Å². The van der Waals surface area contributed by atoms with Crippen LogP contribution in [0.5, 0.6) is 0 Å². The highest BCUT2D eigenvalue weighted by Gasteiger charge is 2.18. The Morgan fingerprint density at radius 3 is 2.81 bits per heavy atom. The predicted molar refractivity (Wildman–Crippen MR) is 87.7 cm³/mol. The summed E-state index contributed by atoms with van der Waals surface area (Å²) in [6.45, 7) is 3.68. The van der Waals surface area contributed by atoms with E-state index in [4.69, 9.17) is 0 Å². The fraction of sp³-hybridized carbons (Fsp3) is 0.308. The smallest absolute Gasteiger partial charge is 0.242 e. The molecule has 1 aromatic heterocycles. The zero-order valence-electron chi connectivity index (χ0n) is 11.5. The molecule has 0 aliphatic heterocycles. The van der Waals surface area contributed by atoms with Crippen molar-refractivity contribution in [1.82, 2.24) is 15.0 Å². The van der Waals surface area contributed by atoms with Gasteiger partial charge in [0.25, 0.3) is 0 Å². The molecule has 0 radical (unpaired) electrons. The van der Waals surface area contributed by atoms with Crippen LogP contribution in [0.1, 0.15) is 17.5 Å². The monoisotopic (exact) mass is 389 g/mol. The summed E-state index contributed by atoms with van der Waals surface area (Å²) in [5.41, 5.74) is 0.926. The molecule has 21 heavy (non-hydrogen) atoms. The highest BCUT2D eigenvalue weighted by atomic mass is 79.9. The number of aromatic nitrogens is 1. The van der Waals surface area contributed by atoms with Gasteiger partial charge in [-0.05, 0) is 40.2 Å².